The Bertz CT molecular complexity index is 598. The van der Waals surface area contributed by atoms with Crippen LogP contribution in [0.4, 0.5) is 0 Å². The maximum atomic E-state index is 12.3. The van der Waals surface area contributed by atoms with E-state index in [1.807, 2.05) is 20.8 Å². The van der Waals surface area contributed by atoms with E-state index in [1.54, 1.807) is 24.1 Å². The molecule has 0 N–H and O–H groups in total. The number of carbonyl (C=O) groups is 1. The number of halogens is 1. The fraction of sp³-hybridized carbons (Fsp3) is 0.500. The van der Waals surface area contributed by atoms with Crippen LogP contribution < -0.4 is 0 Å². The molecule has 0 fully saturated rings. The summed E-state index contributed by atoms with van der Waals surface area (Å²) in [4.78, 5) is 13.9. The van der Waals surface area contributed by atoms with Crippen LogP contribution in [0, 0.1) is 0 Å². The number of hydrogen-bond acceptors (Lipinski definition) is 3. The van der Waals surface area contributed by atoms with Crippen LogP contribution in [-0.4, -0.2) is 32.3 Å². The molecule has 1 amide bonds. The molecule has 112 valence electrons. The van der Waals surface area contributed by atoms with Gasteiger partial charge in [-0.25, -0.2) is 8.42 Å². The highest BCUT2D eigenvalue weighted by Gasteiger charge is 2.21. The van der Waals surface area contributed by atoms with Gasteiger partial charge in [0, 0.05) is 29.3 Å². The van der Waals surface area contributed by atoms with Crippen LogP contribution in [0.1, 0.15) is 43.1 Å². The lowest BCUT2D eigenvalue weighted by molar-refractivity contribution is 0.0740. The summed E-state index contributed by atoms with van der Waals surface area (Å²) < 4.78 is 23.2. The average molecular weight is 318 g/mol. The molecule has 0 aliphatic rings. The first-order chi connectivity index (χ1) is 9.22. The molecule has 1 aromatic rings. The summed E-state index contributed by atoms with van der Waals surface area (Å²) in [5.74, 6) is -0.205. The van der Waals surface area contributed by atoms with Crippen LogP contribution in [-0.2, 0) is 15.5 Å². The molecular formula is C14H20ClNO3S. The Morgan fingerprint density at radius 2 is 1.95 bits per heavy atom. The lowest BCUT2D eigenvalue weighted by Crippen LogP contribution is -2.34. The first-order valence-corrected chi connectivity index (χ1v) is 8.88. The lowest BCUT2D eigenvalue weighted by Gasteiger charge is -2.24. The number of aryl methyl sites for hydroxylation is 1. The summed E-state index contributed by atoms with van der Waals surface area (Å²) >= 11 is 0. The quantitative estimate of drug-likeness (QED) is 0.784. The summed E-state index contributed by atoms with van der Waals surface area (Å²) in [7, 11) is 3.29. The average Bonchev–Trinajstić information content (AvgIpc) is 2.43. The molecule has 1 aromatic carbocycles. The second kappa shape index (κ2) is 6.59. The molecule has 0 heterocycles. The highest BCUT2D eigenvalue weighted by atomic mass is 35.7. The second-order valence-corrected chi connectivity index (χ2v) is 7.32. The Balaban J connectivity index is 3.25. The van der Waals surface area contributed by atoms with Gasteiger partial charge in [0.05, 0.1) is 4.90 Å². The number of nitrogens with zero attached hydrogens (tertiary/aromatic N) is 1. The largest absolute Gasteiger partial charge is 0.339 e. The second-order valence-electron chi connectivity index (χ2n) is 4.79. The third-order valence-corrected chi connectivity index (χ3v) is 4.93. The zero-order chi connectivity index (χ0) is 15.5. The fourth-order valence-electron chi connectivity index (χ4n) is 1.88. The van der Waals surface area contributed by atoms with Crippen molar-refractivity contribution < 1.29 is 13.2 Å². The standard InChI is InChI=1S/C14H20ClNO3S/c1-5-10(3)16(4)14(17)12-8-7-11(6-2)13(9-12)20(15,18)19/h7-10H,5-6H2,1-4H3. The molecule has 0 bridgehead atoms. The minimum absolute atomic E-state index is 0.0186. The summed E-state index contributed by atoms with van der Waals surface area (Å²) in [6, 6.07) is 4.74. The van der Waals surface area contributed by atoms with E-state index in [2.05, 4.69) is 0 Å². The minimum atomic E-state index is -3.85. The van der Waals surface area contributed by atoms with E-state index >= 15 is 0 Å². The molecule has 0 spiro atoms. The van der Waals surface area contributed by atoms with Gasteiger partial charge < -0.3 is 4.90 Å². The van der Waals surface area contributed by atoms with Gasteiger partial charge in [0.25, 0.3) is 15.0 Å². The van der Waals surface area contributed by atoms with Crippen LogP contribution in [0.5, 0.6) is 0 Å². The van der Waals surface area contributed by atoms with Crippen molar-refractivity contribution in [3.63, 3.8) is 0 Å². The van der Waals surface area contributed by atoms with Crippen molar-refractivity contribution in [3.8, 4) is 0 Å². The molecule has 0 aliphatic carbocycles. The Morgan fingerprint density at radius 1 is 1.35 bits per heavy atom. The number of benzene rings is 1. The molecular weight excluding hydrogens is 298 g/mol. The Labute approximate surface area is 125 Å². The normalized spacial score (nSPS) is 13.1. The van der Waals surface area contributed by atoms with Crippen molar-refractivity contribution in [2.24, 2.45) is 0 Å². The highest BCUT2D eigenvalue weighted by Crippen LogP contribution is 2.23. The zero-order valence-corrected chi connectivity index (χ0v) is 13.8. The lowest BCUT2D eigenvalue weighted by atomic mass is 10.1. The van der Waals surface area contributed by atoms with Crippen LogP contribution >= 0.6 is 10.7 Å². The number of amides is 1. The fourth-order valence-corrected chi connectivity index (χ4v) is 3.11. The number of rotatable bonds is 5. The topological polar surface area (TPSA) is 54.5 Å². The van der Waals surface area contributed by atoms with Crippen molar-refractivity contribution in [1.82, 2.24) is 4.90 Å². The van der Waals surface area contributed by atoms with Gasteiger partial charge in [-0.1, -0.05) is 19.9 Å². The van der Waals surface area contributed by atoms with E-state index in [9.17, 15) is 13.2 Å². The van der Waals surface area contributed by atoms with Crippen molar-refractivity contribution in [2.75, 3.05) is 7.05 Å². The maximum Gasteiger partial charge on any atom is 0.261 e. The third-order valence-electron chi connectivity index (χ3n) is 3.53. The molecule has 6 heteroatoms. The third kappa shape index (κ3) is 3.73. The molecule has 0 radical (unpaired) electrons. The molecule has 0 saturated carbocycles. The molecule has 1 unspecified atom stereocenters. The first-order valence-electron chi connectivity index (χ1n) is 6.57. The Kier molecular flexibility index (Phi) is 5.59. The van der Waals surface area contributed by atoms with Crippen molar-refractivity contribution in [1.29, 1.82) is 0 Å². The van der Waals surface area contributed by atoms with Crippen LogP contribution in [0.3, 0.4) is 0 Å². The summed E-state index contributed by atoms with van der Waals surface area (Å²) in [6.45, 7) is 5.77. The van der Waals surface area contributed by atoms with E-state index < -0.39 is 9.05 Å². The van der Waals surface area contributed by atoms with Crippen LogP contribution in [0.15, 0.2) is 23.1 Å². The van der Waals surface area contributed by atoms with Crippen molar-refractivity contribution in [2.45, 2.75) is 44.6 Å². The van der Waals surface area contributed by atoms with Crippen LogP contribution in [0.2, 0.25) is 0 Å². The van der Waals surface area contributed by atoms with Crippen molar-refractivity contribution >= 4 is 25.6 Å². The molecule has 0 saturated heterocycles. The molecule has 0 aliphatic heterocycles. The molecule has 1 rings (SSSR count). The van der Waals surface area contributed by atoms with Gasteiger partial charge in [-0.05, 0) is 37.5 Å². The van der Waals surface area contributed by atoms with Crippen molar-refractivity contribution in [3.05, 3.63) is 29.3 Å². The SMILES string of the molecule is CCc1ccc(C(=O)N(C)C(C)CC)cc1S(=O)(=O)Cl. The molecule has 4 nitrogen and oxygen atoms in total. The highest BCUT2D eigenvalue weighted by molar-refractivity contribution is 8.13. The van der Waals surface area contributed by atoms with Gasteiger partial charge >= 0.3 is 0 Å². The van der Waals surface area contributed by atoms with Gasteiger partial charge in [-0.2, -0.15) is 0 Å². The van der Waals surface area contributed by atoms with Gasteiger partial charge in [0.1, 0.15) is 0 Å². The maximum absolute atomic E-state index is 12.3. The van der Waals surface area contributed by atoms with E-state index in [0.717, 1.165) is 6.42 Å². The predicted octanol–water partition coefficient (Wildman–Crippen LogP) is 3.05. The van der Waals surface area contributed by atoms with E-state index in [1.165, 1.54) is 6.07 Å². The number of hydrogen-bond donors (Lipinski definition) is 0. The molecule has 1 atom stereocenters. The molecule has 0 aromatic heterocycles. The van der Waals surface area contributed by atoms with Gasteiger partial charge in [0.15, 0.2) is 0 Å². The summed E-state index contributed by atoms with van der Waals surface area (Å²) in [5, 5.41) is 0. The smallest absolute Gasteiger partial charge is 0.261 e. The summed E-state index contributed by atoms with van der Waals surface area (Å²) in [5.41, 5.74) is 0.951. The monoisotopic (exact) mass is 317 g/mol. The van der Waals surface area contributed by atoms with E-state index in [-0.39, 0.29) is 16.8 Å². The van der Waals surface area contributed by atoms with Gasteiger partial charge in [-0.3, -0.25) is 4.79 Å². The van der Waals surface area contributed by atoms with E-state index in [0.29, 0.717) is 17.5 Å². The molecule has 20 heavy (non-hydrogen) atoms. The Morgan fingerprint density at radius 3 is 2.40 bits per heavy atom. The zero-order valence-electron chi connectivity index (χ0n) is 12.2. The number of carbonyl (C=O) groups excluding carboxylic acids is 1. The van der Waals surface area contributed by atoms with Gasteiger partial charge in [-0.15, -0.1) is 0 Å². The minimum Gasteiger partial charge on any atom is -0.339 e. The summed E-state index contributed by atoms with van der Waals surface area (Å²) in [6.07, 6.45) is 1.37. The first kappa shape index (κ1) is 17.0. The van der Waals surface area contributed by atoms with Gasteiger partial charge in [0.2, 0.25) is 0 Å². The Hall–Kier alpha value is -1.07. The van der Waals surface area contributed by atoms with Crippen LogP contribution in [0.25, 0.3) is 0 Å². The predicted molar refractivity (Wildman–Crippen MR) is 80.7 cm³/mol. The van der Waals surface area contributed by atoms with E-state index in [4.69, 9.17) is 10.7 Å².